The van der Waals surface area contributed by atoms with Crippen LogP contribution >= 0.6 is 0 Å². The Morgan fingerprint density at radius 3 is 2.80 bits per heavy atom. The summed E-state index contributed by atoms with van der Waals surface area (Å²) in [4.78, 5) is 0. The molecule has 0 aromatic rings. The molecule has 1 aliphatic carbocycles. The van der Waals surface area contributed by atoms with Crippen molar-refractivity contribution in [1.82, 2.24) is 5.32 Å². The van der Waals surface area contributed by atoms with E-state index in [-0.39, 0.29) is 0 Å². The lowest BCUT2D eigenvalue weighted by Gasteiger charge is -2.30. The number of hydrogen-bond donors (Lipinski definition) is 1. The van der Waals surface area contributed by atoms with Crippen molar-refractivity contribution in [3.63, 3.8) is 0 Å². The smallest absolute Gasteiger partial charge is 0.147 e. The van der Waals surface area contributed by atoms with E-state index in [9.17, 15) is 0 Å². The lowest BCUT2D eigenvalue weighted by atomic mass is 9.87. The molecule has 1 heterocycles. The topological polar surface area (TPSA) is 30.5 Å². The van der Waals surface area contributed by atoms with Crippen molar-refractivity contribution in [2.45, 2.75) is 51.7 Å². The number of ether oxygens (including phenoxy) is 2. The summed E-state index contributed by atoms with van der Waals surface area (Å²) in [5, 5.41) is 3.66. The molecule has 0 aromatic carbocycles. The zero-order chi connectivity index (χ0) is 10.7. The first-order valence-electron chi connectivity index (χ1n) is 6.11. The van der Waals surface area contributed by atoms with Crippen LogP contribution in [0.2, 0.25) is 0 Å². The molecule has 1 N–H and O–H groups in total. The van der Waals surface area contributed by atoms with Crippen molar-refractivity contribution < 1.29 is 9.47 Å². The molecule has 0 amide bonds. The van der Waals surface area contributed by atoms with Crippen LogP contribution in [0.3, 0.4) is 0 Å². The summed E-state index contributed by atoms with van der Waals surface area (Å²) < 4.78 is 10.7. The van der Waals surface area contributed by atoms with E-state index in [0.29, 0.717) is 24.4 Å². The van der Waals surface area contributed by atoms with Gasteiger partial charge in [0.15, 0.2) is 0 Å². The molecule has 0 radical (unpaired) electrons. The second kappa shape index (κ2) is 4.81. The number of nitrogens with one attached hydrogen (secondary N) is 1. The number of hydrogen-bond acceptors (Lipinski definition) is 3. The largest absolute Gasteiger partial charge is 0.355 e. The van der Waals surface area contributed by atoms with Crippen molar-refractivity contribution in [3.8, 4) is 0 Å². The summed E-state index contributed by atoms with van der Waals surface area (Å²) in [6.45, 7) is 7.03. The Kier molecular flexibility index (Phi) is 3.65. The summed E-state index contributed by atoms with van der Waals surface area (Å²) in [6.07, 6.45) is 5.41. The lowest BCUT2D eigenvalue weighted by molar-refractivity contribution is -0.137. The molecule has 0 aromatic heterocycles. The lowest BCUT2D eigenvalue weighted by Crippen LogP contribution is -2.43. The second-order valence-electron chi connectivity index (χ2n) is 5.45. The first-order chi connectivity index (χ1) is 7.18. The van der Waals surface area contributed by atoms with Crippen LogP contribution in [-0.4, -0.2) is 32.1 Å². The molecule has 2 rings (SSSR count). The first kappa shape index (κ1) is 11.4. The maximum absolute atomic E-state index is 5.52. The summed E-state index contributed by atoms with van der Waals surface area (Å²) >= 11 is 0. The van der Waals surface area contributed by atoms with E-state index in [1.165, 1.54) is 19.3 Å². The van der Waals surface area contributed by atoms with Gasteiger partial charge in [0.05, 0.1) is 12.7 Å². The third kappa shape index (κ3) is 2.92. The molecule has 0 bridgehead atoms. The molecule has 1 saturated carbocycles. The highest BCUT2D eigenvalue weighted by atomic mass is 16.7. The molecular formula is C12H23NO2. The van der Waals surface area contributed by atoms with Gasteiger partial charge in [0.25, 0.3) is 0 Å². The quantitative estimate of drug-likeness (QED) is 0.777. The Morgan fingerprint density at radius 1 is 1.33 bits per heavy atom. The number of rotatable bonds is 3. The van der Waals surface area contributed by atoms with Crippen molar-refractivity contribution >= 4 is 0 Å². The molecule has 1 saturated heterocycles. The summed E-state index contributed by atoms with van der Waals surface area (Å²) in [5.41, 5.74) is 0.463. The Labute approximate surface area is 92.5 Å². The molecule has 0 spiro atoms. The van der Waals surface area contributed by atoms with Gasteiger partial charge in [0.1, 0.15) is 6.79 Å². The van der Waals surface area contributed by atoms with E-state index in [2.05, 4.69) is 19.2 Å². The molecule has 2 unspecified atom stereocenters. The highest BCUT2D eigenvalue weighted by Crippen LogP contribution is 2.37. The van der Waals surface area contributed by atoms with E-state index in [1.807, 2.05) is 0 Å². The third-order valence-corrected chi connectivity index (χ3v) is 3.82. The van der Waals surface area contributed by atoms with Gasteiger partial charge in [-0.3, -0.25) is 0 Å². The van der Waals surface area contributed by atoms with Gasteiger partial charge in [0, 0.05) is 12.6 Å². The average Bonchev–Trinajstić information content (AvgIpc) is 2.56. The van der Waals surface area contributed by atoms with Crippen LogP contribution in [0.25, 0.3) is 0 Å². The van der Waals surface area contributed by atoms with Crippen LogP contribution in [-0.2, 0) is 9.47 Å². The standard InChI is InChI=1S/C12H23NO2/c1-12(2)6-3-4-11(12)13-8-10-5-7-14-9-15-10/h10-11,13H,3-9H2,1-2H3. The van der Waals surface area contributed by atoms with E-state index >= 15 is 0 Å². The van der Waals surface area contributed by atoms with Gasteiger partial charge in [-0.1, -0.05) is 20.3 Å². The van der Waals surface area contributed by atoms with Gasteiger partial charge in [-0.15, -0.1) is 0 Å². The van der Waals surface area contributed by atoms with Crippen molar-refractivity contribution in [3.05, 3.63) is 0 Å². The van der Waals surface area contributed by atoms with Gasteiger partial charge in [-0.05, 0) is 24.7 Å². The summed E-state index contributed by atoms with van der Waals surface area (Å²) in [7, 11) is 0. The molecule has 15 heavy (non-hydrogen) atoms. The fraction of sp³-hybridized carbons (Fsp3) is 1.00. The predicted molar refractivity (Wildman–Crippen MR) is 59.7 cm³/mol. The second-order valence-corrected chi connectivity index (χ2v) is 5.45. The van der Waals surface area contributed by atoms with E-state index in [4.69, 9.17) is 9.47 Å². The average molecular weight is 213 g/mol. The Bertz CT molecular complexity index is 200. The Balaban J connectivity index is 1.72. The van der Waals surface area contributed by atoms with E-state index in [1.54, 1.807) is 0 Å². The molecule has 2 fully saturated rings. The molecule has 3 heteroatoms. The minimum atomic E-state index is 0.357. The Morgan fingerprint density at radius 2 is 2.20 bits per heavy atom. The van der Waals surface area contributed by atoms with E-state index < -0.39 is 0 Å². The van der Waals surface area contributed by atoms with Crippen molar-refractivity contribution in [2.24, 2.45) is 5.41 Å². The fourth-order valence-corrected chi connectivity index (χ4v) is 2.64. The SMILES string of the molecule is CC1(C)CCCC1NCC1CCOCO1. The zero-order valence-corrected chi connectivity index (χ0v) is 9.92. The van der Waals surface area contributed by atoms with Crippen LogP contribution < -0.4 is 5.32 Å². The Hall–Kier alpha value is -0.120. The van der Waals surface area contributed by atoms with Crippen LogP contribution in [0.4, 0.5) is 0 Å². The van der Waals surface area contributed by atoms with Gasteiger partial charge in [-0.25, -0.2) is 0 Å². The maximum Gasteiger partial charge on any atom is 0.147 e. The fourth-order valence-electron chi connectivity index (χ4n) is 2.64. The molecule has 88 valence electrons. The van der Waals surface area contributed by atoms with Gasteiger partial charge in [0.2, 0.25) is 0 Å². The van der Waals surface area contributed by atoms with E-state index in [0.717, 1.165) is 19.6 Å². The molecule has 2 atom stereocenters. The highest BCUT2D eigenvalue weighted by molar-refractivity contribution is 4.90. The normalized spacial score (nSPS) is 35.6. The minimum Gasteiger partial charge on any atom is -0.355 e. The zero-order valence-electron chi connectivity index (χ0n) is 9.92. The van der Waals surface area contributed by atoms with Gasteiger partial charge in [-0.2, -0.15) is 0 Å². The third-order valence-electron chi connectivity index (χ3n) is 3.82. The van der Waals surface area contributed by atoms with Crippen LogP contribution in [0, 0.1) is 5.41 Å². The monoisotopic (exact) mass is 213 g/mol. The first-order valence-corrected chi connectivity index (χ1v) is 6.11. The van der Waals surface area contributed by atoms with Crippen molar-refractivity contribution in [2.75, 3.05) is 19.9 Å². The molecule has 1 aliphatic heterocycles. The molecule has 2 aliphatic rings. The summed E-state index contributed by atoms with van der Waals surface area (Å²) in [5.74, 6) is 0. The minimum absolute atomic E-state index is 0.357. The maximum atomic E-state index is 5.52. The van der Waals surface area contributed by atoms with Crippen LogP contribution in [0.1, 0.15) is 39.5 Å². The summed E-state index contributed by atoms with van der Waals surface area (Å²) in [6, 6.07) is 0.670. The van der Waals surface area contributed by atoms with Crippen LogP contribution in [0.5, 0.6) is 0 Å². The molecular weight excluding hydrogens is 190 g/mol. The van der Waals surface area contributed by atoms with Crippen molar-refractivity contribution in [1.29, 1.82) is 0 Å². The highest BCUT2D eigenvalue weighted by Gasteiger charge is 2.34. The van der Waals surface area contributed by atoms with Gasteiger partial charge < -0.3 is 14.8 Å². The van der Waals surface area contributed by atoms with Gasteiger partial charge >= 0.3 is 0 Å². The molecule has 3 nitrogen and oxygen atoms in total. The van der Waals surface area contributed by atoms with Crippen LogP contribution in [0.15, 0.2) is 0 Å². The predicted octanol–water partition coefficient (Wildman–Crippen LogP) is 1.92.